The van der Waals surface area contributed by atoms with E-state index < -0.39 is 0 Å². The second-order valence-electron chi connectivity index (χ2n) is 3.03. The maximum Gasteiger partial charge on any atom is 0.126 e. The zero-order valence-electron chi connectivity index (χ0n) is 7.37. The van der Waals surface area contributed by atoms with Gasteiger partial charge in [-0.05, 0) is 23.4 Å². The van der Waals surface area contributed by atoms with Crippen LogP contribution in [0.3, 0.4) is 0 Å². The number of rotatable bonds is 1. The largest absolute Gasteiger partial charge is 0.507 e. The van der Waals surface area contributed by atoms with Gasteiger partial charge in [-0.3, -0.25) is 0 Å². The summed E-state index contributed by atoms with van der Waals surface area (Å²) in [5, 5.41) is 12.7. The molecule has 68 valence electrons. The Labute approximate surface area is 80.6 Å². The number of anilines is 1. The Hall–Kier alpha value is -1.22. The smallest absolute Gasteiger partial charge is 0.126 e. The molecule has 0 spiro atoms. The van der Waals surface area contributed by atoms with Crippen molar-refractivity contribution in [1.82, 2.24) is 0 Å². The van der Waals surface area contributed by atoms with Gasteiger partial charge in [-0.2, -0.15) is 0 Å². The summed E-state index contributed by atoms with van der Waals surface area (Å²) in [7, 11) is 0. The molecule has 1 heterocycles. The van der Waals surface area contributed by atoms with E-state index in [1.54, 1.807) is 17.4 Å². The molecule has 2 nitrogen and oxygen atoms in total. The number of aromatic hydroxyl groups is 1. The predicted molar refractivity (Wildman–Crippen MR) is 57.3 cm³/mol. The molecule has 13 heavy (non-hydrogen) atoms. The van der Waals surface area contributed by atoms with Crippen molar-refractivity contribution in [2.24, 2.45) is 0 Å². The summed E-state index contributed by atoms with van der Waals surface area (Å²) in [6.07, 6.45) is 0.942. The van der Waals surface area contributed by atoms with Crippen molar-refractivity contribution in [3.63, 3.8) is 0 Å². The lowest BCUT2D eigenvalue weighted by molar-refractivity contribution is 0.482. The summed E-state index contributed by atoms with van der Waals surface area (Å²) in [5.41, 5.74) is 7.43. The minimum Gasteiger partial charge on any atom is -0.507 e. The molecule has 1 aromatic carbocycles. The molecule has 0 saturated heterocycles. The highest BCUT2D eigenvalue weighted by atomic mass is 32.1. The van der Waals surface area contributed by atoms with Crippen LogP contribution in [0.5, 0.6) is 5.75 Å². The molecule has 3 N–H and O–H groups in total. The van der Waals surface area contributed by atoms with Crippen LogP contribution in [-0.2, 0) is 6.42 Å². The van der Waals surface area contributed by atoms with Crippen LogP contribution in [0.25, 0.3) is 10.1 Å². The average Bonchev–Trinajstić information content (AvgIpc) is 2.47. The van der Waals surface area contributed by atoms with Crippen LogP contribution in [-0.4, -0.2) is 5.11 Å². The molecule has 0 atom stereocenters. The van der Waals surface area contributed by atoms with Crippen molar-refractivity contribution in [3.8, 4) is 5.75 Å². The Morgan fingerprint density at radius 2 is 2.23 bits per heavy atom. The third kappa shape index (κ3) is 1.25. The molecule has 0 fully saturated rings. The lowest BCUT2D eigenvalue weighted by atomic mass is 10.1. The number of nitrogen functional groups attached to an aromatic ring is 1. The van der Waals surface area contributed by atoms with Crippen molar-refractivity contribution in [3.05, 3.63) is 23.1 Å². The first-order chi connectivity index (χ1) is 6.22. The molecule has 0 radical (unpaired) electrons. The van der Waals surface area contributed by atoms with Crippen LogP contribution in [0, 0.1) is 0 Å². The molecular formula is C10H11NOS. The van der Waals surface area contributed by atoms with E-state index in [0.717, 1.165) is 16.5 Å². The quantitative estimate of drug-likeness (QED) is 0.684. The molecule has 0 aliphatic carbocycles. The number of hydrogen-bond acceptors (Lipinski definition) is 3. The van der Waals surface area contributed by atoms with E-state index in [0.29, 0.717) is 11.4 Å². The van der Waals surface area contributed by atoms with Gasteiger partial charge in [-0.25, -0.2) is 0 Å². The van der Waals surface area contributed by atoms with Gasteiger partial charge in [0, 0.05) is 21.8 Å². The lowest BCUT2D eigenvalue weighted by Crippen LogP contribution is -1.84. The molecule has 3 heteroatoms. The van der Waals surface area contributed by atoms with Crippen LogP contribution in [0.2, 0.25) is 0 Å². The summed E-state index contributed by atoms with van der Waals surface area (Å²) in [6, 6.07) is 3.51. The van der Waals surface area contributed by atoms with Gasteiger partial charge in [0.2, 0.25) is 0 Å². The Morgan fingerprint density at radius 1 is 1.46 bits per heavy atom. The maximum absolute atomic E-state index is 9.68. The van der Waals surface area contributed by atoms with E-state index in [1.165, 1.54) is 5.56 Å². The van der Waals surface area contributed by atoms with Crippen LogP contribution in [0.15, 0.2) is 17.5 Å². The Balaban J connectivity index is 2.82. The summed E-state index contributed by atoms with van der Waals surface area (Å²) in [5.74, 6) is 0.299. The van der Waals surface area contributed by atoms with Gasteiger partial charge in [0.05, 0.1) is 0 Å². The van der Waals surface area contributed by atoms with E-state index in [4.69, 9.17) is 5.73 Å². The van der Waals surface area contributed by atoms with E-state index in [2.05, 4.69) is 12.3 Å². The highest BCUT2D eigenvalue weighted by molar-refractivity contribution is 7.17. The Kier molecular flexibility index (Phi) is 1.88. The molecule has 1 aromatic heterocycles. The minimum atomic E-state index is 0.299. The summed E-state index contributed by atoms with van der Waals surface area (Å²) >= 11 is 1.63. The summed E-state index contributed by atoms with van der Waals surface area (Å²) in [4.78, 5) is 0. The van der Waals surface area contributed by atoms with Crippen LogP contribution in [0.1, 0.15) is 12.5 Å². The van der Waals surface area contributed by atoms with Crippen molar-refractivity contribution in [2.75, 3.05) is 5.73 Å². The van der Waals surface area contributed by atoms with Crippen LogP contribution in [0.4, 0.5) is 5.69 Å². The molecule has 2 rings (SSSR count). The monoisotopic (exact) mass is 193 g/mol. The fraction of sp³-hybridized carbons (Fsp3) is 0.200. The first-order valence-corrected chi connectivity index (χ1v) is 5.09. The Bertz CT molecular complexity index is 447. The number of benzene rings is 1. The molecule has 0 unspecified atom stereocenters. The fourth-order valence-electron chi connectivity index (χ4n) is 1.49. The van der Waals surface area contributed by atoms with Gasteiger partial charge in [0.25, 0.3) is 0 Å². The first-order valence-electron chi connectivity index (χ1n) is 4.21. The highest BCUT2D eigenvalue weighted by Gasteiger charge is 2.07. The highest BCUT2D eigenvalue weighted by Crippen LogP contribution is 2.35. The maximum atomic E-state index is 9.68. The van der Waals surface area contributed by atoms with E-state index in [-0.39, 0.29) is 0 Å². The van der Waals surface area contributed by atoms with Crippen molar-refractivity contribution >= 4 is 27.1 Å². The molecule has 0 aliphatic rings. The van der Waals surface area contributed by atoms with Crippen molar-refractivity contribution in [1.29, 1.82) is 0 Å². The topological polar surface area (TPSA) is 46.2 Å². The van der Waals surface area contributed by atoms with Gasteiger partial charge in [-0.1, -0.05) is 6.92 Å². The number of nitrogens with two attached hydrogens (primary N) is 1. The number of fused-ring (bicyclic) bond motifs is 1. The lowest BCUT2D eigenvalue weighted by Gasteiger charge is -1.99. The average molecular weight is 193 g/mol. The van der Waals surface area contributed by atoms with Crippen molar-refractivity contribution < 1.29 is 5.11 Å². The Morgan fingerprint density at radius 3 is 2.92 bits per heavy atom. The predicted octanol–water partition coefficient (Wildman–Crippen LogP) is 2.75. The van der Waals surface area contributed by atoms with Gasteiger partial charge < -0.3 is 10.8 Å². The molecule has 0 aliphatic heterocycles. The molecule has 0 bridgehead atoms. The van der Waals surface area contributed by atoms with Crippen LogP contribution < -0.4 is 5.73 Å². The van der Waals surface area contributed by atoms with Gasteiger partial charge in [-0.15, -0.1) is 11.3 Å². The van der Waals surface area contributed by atoms with Crippen LogP contribution >= 0.6 is 11.3 Å². The SMILES string of the molecule is CCc1csc2cc(N)cc(O)c12. The first kappa shape index (κ1) is 8.38. The van der Waals surface area contributed by atoms with E-state index in [9.17, 15) is 5.11 Å². The molecule has 2 aromatic rings. The minimum absolute atomic E-state index is 0.299. The number of phenols is 1. The number of hydrogen-bond donors (Lipinski definition) is 2. The van der Waals surface area contributed by atoms with E-state index in [1.807, 2.05) is 6.07 Å². The third-order valence-corrected chi connectivity index (χ3v) is 3.11. The second kappa shape index (κ2) is 2.92. The number of phenolic OH excluding ortho intramolecular Hbond substituents is 1. The van der Waals surface area contributed by atoms with Gasteiger partial charge >= 0.3 is 0 Å². The summed E-state index contributed by atoms with van der Waals surface area (Å²) < 4.78 is 1.06. The molecule has 0 saturated carbocycles. The third-order valence-electron chi connectivity index (χ3n) is 2.13. The number of thiophene rings is 1. The van der Waals surface area contributed by atoms with Crippen molar-refractivity contribution in [2.45, 2.75) is 13.3 Å². The van der Waals surface area contributed by atoms with Gasteiger partial charge in [0.1, 0.15) is 5.75 Å². The fourth-order valence-corrected chi connectivity index (χ4v) is 2.60. The zero-order valence-corrected chi connectivity index (χ0v) is 8.19. The van der Waals surface area contributed by atoms with E-state index >= 15 is 0 Å². The second-order valence-corrected chi connectivity index (χ2v) is 3.94. The standard InChI is InChI=1S/C10H11NOS/c1-2-6-5-13-9-4-7(11)3-8(12)10(6)9/h3-5,12H,2,11H2,1H3. The molecule has 0 amide bonds. The number of aryl methyl sites for hydroxylation is 1. The molecular weight excluding hydrogens is 182 g/mol. The normalized spacial score (nSPS) is 10.8. The zero-order chi connectivity index (χ0) is 9.42. The summed E-state index contributed by atoms with van der Waals surface area (Å²) in [6.45, 7) is 2.08. The van der Waals surface area contributed by atoms with Gasteiger partial charge in [0.15, 0.2) is 0 Å².